The van der Waals surface area contributed by atoms with Gasteiger partial charge in [0.1, 0.15) is 5.75 Å². The first kappa shape index (κ1) is 14.0. The van der Waals surface area contributed by atoms with E-state index >= 15 is 0 Å². The fourth-order valence-corrected chi connectivity index (χ4v) is 1.86. The lowest BCUT2D eigenvalue weighted by atomic mass is 10.1. The summed E-state index contributed by atoms with van der Waals surface area (Å²) in [7, 11) is 0. The predicted molar refractivity (Wildman–Crippen MR) is 73.6 cm³/mol. The summed E-state index contributed by atoms with van der Waals surface area (Å²) < 4.78 is 6.06. The third-order valence-corrected chi connectivity index (χ3v) is 2.99. The second-order valence-corrected chi connectivity index (χ2v) is 4.45. The van der Waals surface area contributed by atoms with Gasteiger partial charge in [-0.25, -0.2) is 0 Å². The van der Waals surface area contributed by atoms with Gasteiger partial charge in [-0.3, -0.25) is 0 Å². The molecule has 0 radical (unpaired) electrons. The Bertz CT molecular complexity index is 332. The van der Waals surface area contributed by atoms with Crippen LogP contribution in [0.4, 0.5) is 0 Å². The molecular formula is C15H25NO. The molecule has 1 aromatic rings. The standard InChI is InChI=1S/C15H25NO/c1-5-14(6-2)17-15-9-8-12(4)10-13(15)11-16-7-3/h8-10,14,16H,5-7,11H2,1-4H3. The Labute approximate surface area is 105 Å². The first-order valence-corrected chi connectivity index (χ1v) is 6.68. The summed E-state index contributed by atoms with van der Waals surface area (Å²) in [5.41, 5.74) is 2.55. The Morgan fingerprint density at radius 3 is 2.47 bits per heavy atom. The van der Waals surface area contributed by atoms with Crippen molar-refractivity contribution < 1.29 is 4.74 Å². The number of aryl methyl sites for hydroxylation is 1. The third-order valence-electron chi connectivity index (χ3n) is 2.99. The van der Waals surface area contributed by atoms with E-state index in [1.54, 1.807) is 0 Å². The second kappa shape index (κ2) is 7.33. The van der Waals surface area contributed by atoms with Crippen LogP contribution in [0.3, 0.4) is 0 Å². The van der Waals surface area contributed by atoms with Crippen molar-refractivity contribution in [2.24, 2.45) is 0 Å². The first-order valence-electron chi connectivity index (χ1n) is 6.68. The smallest absolute Gasteiger partial charge is 0.124 e. The number of ether oxygens (including phenoxy) is 1. The largest absolute Gasteiger partial charge is 0.490 e. The van der Waals surface area contributed by atoms with E-state index in [9.17, 15) is 0 Å². The molecule has 17 heavy (non-hydrogen) atoms. The minimum absolute atomic E-state index is 0.332. The molecule has 0 aliphatic rings. The van der Waals surface area contributed by atoms with Gasteiger partial charge in [0.15, 0.2) is 0 Å². The lowest BCUT2D eigenvalue weighted by molar-refractivity contribution is 0.190. The lowest BCUT2D eigenvalue weighted by Crippen LogP contribution is -2.17. The molecule has 2 heteroatoms. The van der Waals surface area contributed by atoms with Crippen LogP contribution in [0.15, 0.2) is 18.2 Å². The molecule has 0 spiro atoms. The van der Waals surface area contributed by atoms with Crippen LogP contribution in [0, 0.1) is 6.92 Å². The lowest BCUT2D eigenvalue weighted by Gasteiger charge is -2.19. The van der Waals surface area contributed by atoms with Gasteiger partial charge in [-0.1, -0.05) is 38.5 Å². The molecule has 1 rings (SSSR count). The molecule has 0 atom stereocenters. The fourth-order valence-electron chi connectivity index (χ4n) is 1.86. The van der Waals surface area contributed by atoms with Crippen LogP contribution in [0.25, 0.3) is 0 Å². The highest BCUT2D eigenvalue weighted by molar-refractivity contribution is 5.37. The van der Waals surface area contributed by atoms with Crippen LogP contribution in [-0.2, 0) is 6.54 Å². The van der Waals surface area contributed by atoms with Gasteiger partial charge in [0, 0.05) is 12.1 Å². The molecule has 1 aromatic carbocycles. The SMILES string of the molecule is CCNCc1cc(C)ccc1OC(CC)CC. The van der Waals surface area contributed by atoms with Crippen molar-refractivity contribution in [3.8, 4) is 5.75 Å². The highest BCUT2D eigenvalue weighted by Gasteiger charge is 2.09. The topological polar surface area (TPSA) is 21.3 Å². The summed E-state index contributed by atoms with van der Waals surface area (Å²) in [6.45, 7) is 10.5. The molecule has 0 amide bonds. The van der Waals surface area contributed by atoms with Crippen molar-refractivity contribution >= 4 is 0 Å². The molecule has 0 aromatic heterocycles. The Balaban J connectivity index is 2.81. The van der Waals surface area contributed by atoms with Crippen molar-refractivity contribution in [3.63, 3.8) is 0 Å². The quantitative estimate of drug-likeness (QED) is 0.778. The van der Waals surface area contributed by atoms with E-state index in [4.69, 9.17) is 4.74 Å². The van der Waals surface area contributed by atoms with Gasteiger partial charge in [-0.05, 0) is 32.4 Å². The van der Waals surface area contributed by atoms with Crippen LogP contribution >= 0.6 is 0 Å². The molecule has 0 heterocycles. The van der Waals surface area contributed by atoms with E-state index in [1.807, 2.05) is 0 Å². The van der Waals surface area contributed by atoms with Crippen LogP contribution in [-0.4, -0.2) is 12.6 Å². The Hall–Kier alpha value is -1.02. The van der Waals surface area contributed by atoms with Crippen molar-refractivity contribution in [2.75, 3.05) is 6.54 Å². The molecule has 0 bridgehead atoms. The molecule has 0 saturated carbocycles. The molecule has 2 nitrogen and oxygen atoms in total. The average Bonchev–Trinajstić information content (AvgIpc) is 2.35. The predicted octanol–water partition coefficient (Wildman–Crippen LogP) is 3.67. The summed E-state index contributed by atoms with van der Waals surface area (Å²) in [6, 6.07) is 6.42. The highest BCUT2D eigenvalue weighted by Crippen LogP contribution is 2.22. The summed E-state index contributed by atoms with van der Waals surface area (Å²) in [4.78, 5) is 0. The molecule has 1 N–H and O–H groups in total. The van der Waals surface area contributed by atoms with Gasteiger partial charge in [0.25, 0.3) is 0 Å². The van der Waals surface area contributed by atoms with Crippen LogP contribution in [0.1, 0.15) is 44.7 Å². The summed E-state index contributed by atoms with van der Waals surface area (Å²) in [6.07, 6.45) is 2.45. The Morgan fingerprint density at radius 2 is 1.88 bits per heavy atom. The molecular weight excluding hydrogens is 210 g/mol. The minimum atomic E-state index is 0.332. The molecule has 96 valence electrons. The zero-order valence-electron chi connectivity index (χ0n) is 11.5. The van der Waals surface area contributed by atoms with E-state index in [1.165, 1.54) is 11.1 Å². The van der Waals surface area contributed by atoms with Crippen LogP contribution < -0.4 is 10.1 Å². The zero-order valence-corrected chi connectivity index (χ0v) is 11.5. The third kappa shape index (κ3) is 4.39. The first-order chi connectivity index (χ1) is 8.21. The van der Waals surface area contributed by atoms with Crippen molar-refractivity contribution in [2.45, 2.75) is 53.2 Å². The van der Waals surface area contributed by atoms with Crippen LogP contribution in [0.5, 0.6) is 5.75 Å². The van der Waals surface area contributed by atoms with Gasteiger partial charge in [-0.15, -0.1) is 0 Å². The van der Waals surface area contributed by atoms with Gasteiger partial charge >= 0.3 is 0 Å². The van der Waals surface area contributed by atoms with Crippen molar-refractivity contribution in [1.82, 2.24) is 5.32 Å². The number of benzene rings is 1. The molecule has 0 aliphatic carbocycles. The fraction of sp³-hybridized carbons (Fsp3) is 0.600. The van der Waals surface area contributed by atoms with E-state index in [0.29, 0.717) is 6.10 Å². The van der Waals surface area contributed by atoms with E-state index in [2.05, 4.69) is 51.2 Å². The van der Waals surface area contributed by atoms with E-state index in [0.717, 1.165) is 31.7 Å². The zero-order chi connectivity index (χ0) is 12.7. The van der Waals surface area contributed by atoms with Crippen molar-refractivity contribution in [3.05, 3.63) is 29.3 Å². The summed E-state index contributed by atoms with van der Waals surface area (Å²) in [5, 5.41) is 3.36. The average molecular weight is 235 g/mol. The van der Waals surface area contributed by atoms with Gasteiger partial charge in [0.2, 0.25) is 0 Å². The Morgan fingerprint density at radius 1 is 1.18 bits per heavy atom. The molecule has 0 aliphatic heterocycles. The maximum atomic E-state index is 6.06. The number of hydrogen-bond acceptors (Lipinski definition) is 2. The number of rotatable bonds is 7. The normalized spacial score (nSPS) is 10.9. The van der Waals surface area contributed by atoms with Crippen LogP contribution in [0.2, 0.25) is 0 Å². The van der Waals surface area contributed by atoms with E-state index < -0.39 is 0 Å². The summed E-state index contributed by atoms with van der Waals surface area (Å²) in [5.74, 6) is 1.03. The number of hydrogen-bond donors (Lipinski definition) is 1. The monoisotopic (exact) mass is 235 g/mol. The maximum Gasteiger partial charge on any atom is 0.124 e. The highest BCUT2D eigenvalue weighted by atomic mass is 16.5. The molecule has 0 unspecified atom stereocenters. The summed E-state index contributed by atoms with van der Waals surface area (Å²) >= 11 is 0. The minimum Gasteiger partial charge on any atom is -0.490 e. The van der Waals surface area contributed by atoms with Crippen molar-refractivity contribution in [1.29, 1.82) is 0 Å². The second-order valence-electron chi connectivity index (χ2n) is 4.45. The van der Waals surface area contributed by atoms with Gasteiger partial charge < -0.3 is 10.1 Å². The molecule has 0 saturated heterocycles. The number of nitrogens with one attached hydrogen (secondary N) is 1. The Kier molecular flexibility index (Phi) is 6.06. The van der Waals surface area contributed by atoms with Gasteiger partial charge in [-0.2, -0.15) is 0 Å². The molecule has 0 fully saturated rings. The van der Waals surface area contributed by atoms with Gasteiger partial charge in [0.05, 0.1) is 6.10 Å². The maximum absolute atomic E-state index is 6.06. The van der Waals surface area contributed by atoms with E-state index in [-0.39, 0.29) is 0 Å².